The fourth-order valence-electron chi connectivity index (χ4n) is 1.33. The minimum absolute atomic E-state index is 0.147. The molecule has 0 aliphatic carbocycles. The highest BCUT2D eigenvalue weighted by atomic mass is 16.3. The lowest BCUT2D eigenvalue weighted by molar-refractivity contribution is -0.122. The van der Waals surface area contributed by atoms with Gasteiger partial charge in [-0.2, -0.15) is 5.26 Å². The molecule has 4 heteroatoms. The molecule has 0 spiro atoms. The summed E-state index contributed by atoms with van der Waals surface area (Å²) in [6.45, 7) is 3.25. The topological polar surface area (TPSA) is 73.1 Å². The summed E-state index contributed by atoms with van der Waals surface area (Å²) in [5.41, 5.74) is 0.148. The van der Waals surface area contributed by atoms with E-state index in [0.717, 1.165) is 0 Å². The molecule has 1 aromatic rings. The minimum Gasteiger partial charge on any atom is -0.392 e. The van der Waals surface area contributed by atoms with Gasteiger partial charge < -0.3 is 10.4 Å². The second kappa shape index (κ2) is 5.46. The zero-order valence-electron chi connectivity index (χ0n) is 10.0. The van der Waals surface area contributed by atoms with Crippen molar-refractivity contribution in [2.24, 2.45) is 5.41 Å². The van der Waals surface area contributed by atoms with Gasteiger partial charge in [-0.05, 0) is 19.4 Å². The Morgan fingerprint density at radius 1 is 1.53 bits per heavy atom. The van der Waals surface area contributed by atoms with E-state index in [-0.39, 0.29) is 12.5 Å². The molecular weight excluding hydrogens is 216 g/mol. The second-order valence-electron chi connectivity index (χ2n) is 4.07. The first-order valence-corrected chi connectivity index (χ1v) is 5.49. The number of aliphatic hydroxyl groups excluding tert-OH is 1. The molecule has 17 heavy (non-hydrogen) atoms. The predicted molar refractivity (Wildman–Crippen MR) is 65.0 cm³/mol. The maximum Gasteiger partial charge on any atom is 0.244 e. The maximum absolute atomic E-state index is 11.9. The molecular formula is C13H16N2O2. The van der Waals surface area contributed by atoms with Crippen molar-refractivity contribution >= 4 is 11.6 Å². The fourth-order valence-corrected chi connectivity index (χ4v) is 1.33. The number of anilines is 1. The van der Waals surface area contributed by atoms with Crippen molar-refractivity contribution in [3.63, 3.8) is 0 Å². The summed E-state index contributed by atoms with van der Waals surface area (Å²) in [5, 5.41) is 20.8. The number of carbonyl (C=O) groups is 1. The molecule has 1 unspecified atom stereocenters. The van der Waals surface area contributed by atoms with Gasteiger partial charge in [0.2, 0.25) is 5.91 Å². The number of hydrogen-bond donors (Lipinski definition) is 2. The van der Waals surface area contributed by atoms with E-state index in [4.69, 9.17) is 10.4 Å². The van der Waals surface area contributed by atoms with Gasteiger partial charge in [0.1, 0.15) is 5.41 Å². The number of aliphatic hydroxyl groups is 1. The third-order valence-corrected chi connectivity index (χ3v) is 2.89. The monoisotopic (exact) mass is 232 g/mol. The number of nitriles is 1. The number of para-hydroxylation sites is 1. The summed E-state index contributed by atoms with van der Waals surface area (Å²) in [4.78, 5) is 11.9. The second-order valence-corrected chi connectivity index (χ2v) is 4.07. The lowest BCUT2D eigenvalue weighted by Crippen LogP contribution is -2.31. The van der Waals surface area contributed by atoms with Crippen LogP contribution in [-0.4, -0.2) is 11.0 Å². The average molecular weight is 232 g/mol. The molecule has 2 N–H and O–H groups in total. The van der Waals surface area contributed by atoms with Crippen LogP contribution in [0.3, 0.4) is 0 Å². The van der Waals surface area contributed by atoms with Crippen LogP contribution in [0.4, 0.5) is 5.69 Å². The summed E-state index contributed by atoms with van der Waals surface area (Å²) < 4.78 is 0. The summed E-state index contributed by atoms with van der Waals surface area (Å²) >= 11 is 0. The quantitative estimate of drug-likeness (QED) is 0.834. The molecule has 0 radical (unpaired) electrons. The van der Waals surface area contributed by atoms with Crippen molar-refractivity contribution in [1.29, 1.82) is 5.26 Å². The van der Waals surface area contributed by atoms with Crippen LogP contribution in [0.2, 0.25) is 0 Å². The SMILES string of the molecule is CCC(C)(C#N)C(=O)Nc1ccccc1CO. The number of rotatable bonds is 4. The molecule has 0 bridgehead atoms. The van der Waals surface area contributed by atoms with Gasteiger partial charge in [0.25, 0.3) is 0 Å². The van der Waals surface area contributed by atoms with E-state index in [0.29, 0.717) is 17.7 Å². The Morgan fingerprint density at radius 2 is 2.18 bits per heavy atom. The molecule has 0 fully saturated rings. The first kappa shape index (κ1) is 13.2. The Hall–Kier alpha value is -1.86. The molecule has 0 saturated heterocycles. The van der Waals surface area contributed by atoms with Gasteiger partial charge in [0.05, 0.1) is 12.7 Å². The first-order valence-electron chi connectivity index (χ1n) is 5.49. The zero-order chi connectivity index (χ0) is 12.9. The van der Waals surface area contributed by atoms with E-state index in [9.17, 15) is 4.79 Å². The van der Waals surface area contributed by atoms with Gasteiger partial charge in [0, 0.05) is 11.3 Å². The third kappa shape index (κ3) is 2.83. The molecule has 1 amide bonds. The minimum atomic E-state index is -1.04. The highest BCUT2D eigenvalue weighted by molar-refractivity contribution is 5.97. The van der Waals surface area contributed by atoms with Gasteiger partial charge in [-0.3, -0.25) is 4.79 Å². The number of hydrogen-bond acceptors (Lipinski definition) is 3. The van der Waals surface area contributed by atoms with Crippen molar-refractivity contribution < 1.29 is 9.90 Å². The van der Waals surface area contributed by atoms with E-state index < -0.39 is 5.41 Å². The predicted octanol–water partition coefficient (Wildman–Crippen LogP) is 2.06. The number of nitrogens with zero attached hydrogens (tertiary/aromatic N) is 1. The standard InChI is InChI=1S/C13H16N2O2/c1-3-13(2,9-14)12(17)15-11-7-5-4-6-10(11)8-16/h4-7,16H,3,8H2,1-2H3,(H,15,17). The number of carbonyl (C=O) groups excluding carboxylic acids is 1. The van der Waals surface area contributed by atoms with Crippen molar-refractivity contribution in [1.82, 2.24) is 0 Å². The van der Waals surface area contributed by atoms with E-state index in [1.54, 1.807) is 38.1 Å². The van der Waals surface area contributed by atoms with Gasteiger partial charge >= 0.3 is 0 Å². The highest BCUT2D eigenvalue weighted by Gasteiger charge is 2.31. The molecule has 0 aliphatic rings. The largest absolute Gasteiger partial charge is 0.392 e. The van der Waals surface area contributed by atoms with Crippen LogP contribution in [0.25, 0.3) is 0 Å². The van der Waals surface area contributed by atoms with Crippen LogP contribution >= 0.6 is 0 Å². The van der Waals surface area contributed by atoms with Crippen molar-refractivity contribution in [3.8, 4) is 6.07 Å². The number of benzene rings is 1. The zero-order valence-corrected chi connectivity index (χ0v) is 10.0. The number of nitrogens with one attached hydrogen (secondary N) is 1. The lowest BCUT2D eigenvalue weighted by atomic mass is 9.88. The molecule has 0 heterocycles. The van der Waals surface area contributed by atoms with Crippen LogP contribution in [0.5, 0.6) is 0 Å². The summed E-state index contributed by atoms with van der Waals surface area (Å²) in [5.74, 6) is -0.344. The summed E-state index contributed by atoms with van der Waals surface area (Å²) in [6.07, 6.45) is 0.441. The lowest BCUT2D eigenvalue weighted by Gasteiger charge is -2.19. The highest BCUT2D eigenvalue weighted by Crippen LogP contribution is 2.23. The van der Waals surface area contributed by atoms with Gasteiger partial charge in [0.15, 0.2) is 0 Å². The third-order valence-electron chi connectivity index (χ3n) is 2.89. The summed E-state index contributed by atoms with van der Waals surface area (Å²) in [7, 11) is 0. The van der Waals surface area contributed by atoms with Crippen LogP contribution in [0, 0.1) is 16.7 Å². The summed E-state index contributed by atoms with van der Waals surface area (Å²) in [6, 6.07) is 8.99. The Morgan fingerprint density at radius 3 is 2.71 bits per heavy atom. The fraction of sp³-hybridized carbons (Fsp3) is 0.385. The molecule has 1 atom stereocenters. The Kier molecular flexibility index (Phi) is 4.24. The van der Waals surface area contributed by atoms with E-state index in [2.05, 4.69) is 5.32 Å². The molecule has 4 nitrogen and oxygen atoms in total. The van der Waals surface area contributed by atoms with Crippen LogP contribution in [0.15, 0.2) is 24.3 Å². The smallest absolute Gasteiger partial charge is 0.244 e. The Balaban J connectivity index is 2.92. The van der Waals surface area contributed by atoms with Crippen LogP contribution in [-0.2, 0) is 11.4 Å². The Labute approximate surface area is 101 Å². The Bertz CT molecular complexity index is 451. The normalized spacial score (nSPS) is 13.5. The number of amides is 1. The van der Waals surface area contributed by atoms with Gasteiger partial charge in [-0.25, -0.2) is 0 Å². The van der Waals surface area contributed by atoms with E-state index in [1.165, 1.54) is 0 Å². The molecule has 0 aliphatic heterocycles. The molecule has 0 aromatic heterocycles. The van der Waals surface area contributed by atoms with Crippen molar-refractivity contribution in [3.05, 3.63) is 29.8 Å². The van der Waals surface area contributed by atoms with Crippen molar-refractivity contribution in [2.45, 2.75) is 26.9 Å². The average Bonchev–Trinajstić information content (AvgIpc) is 2.38. The van der Waals surface area contributed by atoms with Crippen LogP contribution in [0.1, 0.15) is 25.8 Å². The maximum atomic E-state index is 11.9. The molecule has 90 valence electrons. The van der Waals surface area contributed by atoms with Crippen molar-refractivity contribution in [2.75, 3.05) is 5.32 Å². The molecule has 1 rings (SSSR count). The van der Waals surface area contributed by atoms with Gasteiger partial charge in [-0.1, -0.05) is 25.1 Å². The van der Waals surface area contributed by atoms with E-state index in [1.807, 2.05) is 6.07 Å². The first-order chi connectivity index (χ1) is 8.07. The molecule has 0 saturated carbocycles. The van der Waals surface area contributed by atoms with Crippen LogP contribution < -0.4 is 5.32 Å². The van der Waals surface area contributed by atoms with Gasteiger partial charge in [-0.15, -0.1) is 0 Å². The molecule has 1 aromatic carbocycles. The van der Waals surface area contributed by atoms with E-state index >= 15 is 0 Å².